The Hall–Kier alpha value is 0. The third-order valence-corrected chi connectivity index (χ3v) is 5.20. The normalized spacial score (nSPS) is 16.4. The summed E-state index contributed by atoms with van der Waals surface area (Å²) in [6, 6.07) is 0. The lowest BCUT2D eigenvalue weighted by atomic mass is 9.72. The van der Waals surface area contributed by atoms with Gasteiger partial charge in [-0.25, -0.2) is 0 Å². The second-order valence-electron chi connectivity index (χ2n) is 7.68. The van der Waals surface area contributed by atoms with Crippen molar-refractivity contribution >= 4 is 0 Å². The molecule has 0 aromatic carbocycles. The van der Waals surface area contributed by atoms with E-state index < -0.39 is 0 Å². The molecule has 0 nitrogen and oxygen atoms in total. The molecule has 0 saturated carbocycles. The number of hydrogen-bond donors (Lipinski definition) is 0. The molecule has 0 bridgehead atoms. The fourth-order valence-corrected chi connectivity index (χ4v) is 3.78. The first kappa shape index (κ1) is 20.0. The van der Waals surface area contributed by atoms with Gasteiger partial charge in [0.2, 0.25) is 0 Å². The SMILES string of the molecule is CCCC(C)CCCC(CC)(CCC)CCCC(C)C. The highest BCUT2D eigenvalue weighted by Gasteiger charge is 2.26. The van der Waals surface area contributed by atoms with Gasteiger partial charge in [0.05, 0.1) is 0 Å². The molecule has 0 aliphatic heterocycles. The Morgan fingerprint density at radius 2 is 1.30 bits per heavy atom. The lowest BCUT2D eigenvalue weighted by Gasteiger charge is -2.34. The van der Waals surface area contributed by atoms with Crippen molar-refractivity contribution in [3.05, 3.63) is 0 Å². The molecule has 20 heavy (non-hydrogen) atoms. The maximum absolute atomic E-state index is 2.44. The van der Waals surface area contributed by atoms with Crippen LogP contribution in [0.2, 0.25) is 0 Å². The van der Waals surface area contributed by atoms with E-state index in [0.29, 0.717) is 5.41 Å². The summed E-state index contributed by atoms with van der Waals surface area (Å²) in [5, 5.41) is 0. The Morgan fingerprint density at radius 1 is 0.700 bits per heavy atom. The van der Waals surface area contributed by atoms with E-state index in [2.05, 4.69) is 41.5 Å². The van der Waals surface area contributed by atoms with Crippen molar-refractivity contribution in [3.63, 3.8) is 0 Å². The summed E-state index contributed by atoms with van der Waals surface area (Å²) >= 11 is 0. The van der Waals surface area contributed by atoms with Gasteiger partial charge in [-0.2, -0.15) is 0 Å². The molecule has 0 aromatic rings. The Kier molecular flexibility index (Phi) is 11.6. The van der Waals surface area contributed by atoms with Crippen LogP contribution in [0.25, 0.3) is 0 Å². The van der Waals surface area contributed by atoms with Crippen molar-refractivity contribution in [2.24, 2.45) is 17.3 Å². The van der Waals surface area contributed by atoms with E-state index in [-0.39, 0.29) is 0 Å². The van der Waals surface area contributed by atoms with Gasteiger partial charge in [-0.1, -0.05) is 92.9 Å². The Bertz CT molecular complexity index is 206. The van der Waals surface area contributed by atoms with Gasteiger partial charge in [0.15, 0.2) is 0 Å². The molecule has 2 unspecified atom stereocenters. The number of rotatable bonds is 13. The van der Waals surface area contributed by atoms with Crippen molar-refractivity contribution in [1.82, 2.24) is 0 Å². The molecule has 0 aliphatic rings. The zero-order valence-electron chi connectivity index (χ0n) is 15.4. The van der Waals surface area contributed by atoms with Crippen LogP contribution in [-0.2, 0) is 0 Å². The molecular weight excluding hydrogens is 240 g/mol. The second-order valence-corrected chi connectivity index (χ2v) is 7.68. The summed E-state index contributed by atoms with van der Waals surface area (Å²) < 4.78 is 0. The van der Waals surface area contributed by atoms with Gasteiger partial charge in [0.25, 0.3) is 0 Å². The molecule has 2 atom stereocenters. The van der Waals surface area contributed by atoms with Crippen molar-refractivity contribution in [2.75, 3.05) is 0 Å². The second kappa shape index (κ2) is 11.6. The van der Waals surface area contributed by atoms with Crippen molar-refractivity contribution in [2.45, 2.75) is 112 Å². The average Bonchev–Trinajstić information content (AvgIpc) is 2.38. The Balaban J connectivity index is 4.23. The minimum absolute atomic E-state index is 0.662. The molecule has 0 heteroatoms. The van der Waals surface area contributed by atoms with E-state index in [1.54, 1.807) is 0 Å². The first-order valence-electron chi connectivity index (χ1n) is 9.49. The molecule has 122 valence electrons. The topological polar surface area (TPSA) is 0 Å². The fraction of sp³-hybridized carbons (Fsp3) is 1.00. The summed E-state index contributed by atoms with van der Waals surface area (Å²) in [6.07, 6.45) is 15.7. The van der Waals surface area contributed by atoms with Gasteiger partial charge in [0.1, 0.15) is 0 Å². The maximum Gasteiger partial charge on any atom is -0.0300 e. The van der Waals surface area contributed by atoms with Gasteiger partial charge in [0, 0.05) is 0 Å². The summed E-state index contributed by atoms with van der Waals surface area (Å²) in [5.74, 6) is 1.81. The van der Waals surface area contributed by atoms with E-state index in [0.717, 1.165) is 11.8 Å². The maximum atomic E-state index is 2.44. The smallest absolute Gasteiger partial charge is 0.0300 e. The van der Waals surface area contributed by atoms with E-state index in [1.165, 1.54) is 70.6 Å². The van der Waals surface area contributed by atoms with Gasteiger partial charge >= 0.3 is 0 Å². The zero-order valence-corrected chi connectivity index (χ0v) is 15.4. The molecule has 0 aliphatic carbocycles. The monoisotopic (exact) mass is 282 g/mol. The van der Waals surface area contributed by atoms with Crippen LogP contribution in [0.5, 0.6) is 0 Å². The molecule has 0 aromatic heterocycles. The average molecular weight is 283 g/mol. The molecule has 0 heterocycles. The van der Waals surface area contributed by atoms with Crippen molar-refractivity contribution < 1.29 is 0 Å². The van der Waals surface area contributed by atoms with Crippen LogP contribution in [0.4, 0.5) is 0 Å². The summed E-state index contributed by atoms with van der Waals surface area (Å²) in [4.78, 5) is 0. The van der Waals surface area contributed by atoms with Crippen LogP contribution in [0, 0.1) is 17.3 Å². The highest BCUT2D eigenvalue weighted by Crippen LogP contribution is 2.40. The molecule has 0 spiro atoms. The lowest BCUT2D eigenvalue weighted by Crippen LogP contribution is -2.20. The minimum Gasteiger partial charge on any atom is -0.0654 e. The molecule has 0 N–H and O–H groups in total. The third kappa shape index (κ3) is 9.03. The van der Waals surface area contributed by atoms with Crippen LogP contribution in [0.15, 0.2) is 0 Å². The molecule has 0 fully saturated rings. The van der Waals surface area contributed by atoms with Gasteiger partial charge in [-0.15, -0.1) is 0 Å². The van der Waals surface area contributed by atoms with E-state index >= 15 is 0 Å². The van der Waals surface area contributed by atoms with E-state index in [4.69, 9.17) is 0 Å². The first-order chi connectivity index (χ1) is 9.49. The summed E-state index contributed by atoms with van der Waals surface area (Å²) in [7, 11) is 0. The molecule has 0 amide bonds. The van der Waals surface area contributed by atoms with Crippen LogP contribution in [-0.4, -0.2) is 0 Å². The van der Waals surface area contributed by atoms with E-state index in [9.17, 15) is 0 Å². The van der Waals surface area contributed by atoms with Crippen molar-refractivity contribution in [1.29, 1.82) is 0 Å². The molecule has 0 rings (SSSR count). The predicted molar refractivity (Wildman–Crippen MR) is 94.2 cm³/mol. The zero-order chi connectivity index (χ0) is 15.4. The van der Waals surface area contributed by atoms with Crippen LogP contribution >= 0.6 is 0 Å². The molecule has 0 radical (unpaired) electrons. The molecular formula is C20H42. The Labute approximate surface area is 130 Å². The third-order valence-electron chi connectivity index (χ3n) is 5.20. The quantitative estimate of drug-likeness (QED) is 0.326. The summed E-state index contributed by atoms with van der Waals surface area (Å²) in [6.45, 7) is 14.3. The van der Waals surface area contributed by atoms with Gasteiger partial charge in [-0.3, -0.25) is 0 Å². The van der Waals surface area contributed by atoms with Crippen molar-refractivity contribution in [3.8, 4) is 0 Å². The standard InChI is InChI=1S/C20H42/c1-7-12-19(6)14-11-17-20(9-3,15-8-2)16-10-13-18(4)5/h18-19H,7-17H2,1-6H3. The van der Waals surface area contributed by atoms with Crippen LogP contribution in [0.1, 0.15) is 112 Å². The van der Waals surface area contributed by atoms with Crippen LogP contribution < -0.4 is 0 Å². The number of hydrogen-bond acceptors (Lipinski definition) is 0. The largest absolute Gasteiger partial charge is 0.0654 e. The van der Waals surface area contributed by atoms with Gasteiger partial charge in [-0.05, 0) is 36.5 Å². The van der Waals surface area contributed by atoms with Gasteiger partial charge < -0.3 is 0 Å². The first-order valence-corrected chi connectivity index (χ1v) is 9.49. The van der Waals surface area contributed by atoms with E-state index in [1.807, 2.05) is 0 Å². The van der Waals surface area contributed by atoms with Crippen LogP contribution in [0.3, 0.4) is 0 Å². The summed E-state index contributed by atoms with van der Waals surface area (Å²) in [5.41, 5.74) is 0.662. The highest BCUT2D eigenvalue weighted by molar-refractivity contribution is 4.78. The predicted octanol–water partition coefficient (Wildman–Crippen LogP) is 7.62. The highest BCUT2D eigenvalue weighted by atomic mass is 14.3. The minimum atomic E-state index is 0.662. The lowest BCUT2D eigenvalue weighted by molar-refractivity contribution is 0.185. The Morgan fingerprint density at radius 3 is 1.75 bits per heavy atom. The molecule has 0 saturated heterocycles. The fourth-order valence-electron chi connectivity index (χ4n) is 3.78.